The Hall–Kier alpha value is -1.87. The van der Waals surface area contributed by atoms with Gasteiger partial charge < -0.3 is 5.73 Å². The van der Waals surface area contributed by atoms with Gasteiger partial charge in [-0.1, -0.05) is 23.7 Å². The van der Waals surface area contributed by atoms with Crippen LogP contribution in [0, 0.1) is 0 Å². The number of nitrogens with two attached hydrogens (primary N) is 1. The maximum Gasteiger partial charge on any atom is 0.212 e. The lowest BCUT2D eigenvalue weighted by Gasteiger charge is -2.02. The lowest BCUT2D eigenvalue weighted by atomic mass is 10.1. The van der Waals surface area contributed by atoms with Crippen molar-refractivity contribution in [1.29, 1.82) is 0 Å². The predicted octanol–water partition coefficient (Wildman–Crippen LogP) is 2.55. The second kappa shape index (κ2) is 4.33. The molecular formula is C12H9ClN2O. The van der Waals surface area contributed by atoms with E-state index in [1.165, 1.54) is 6.20 Å². The van der Waals surface area contributed by atoms with Crippen molar-refractivity contribution in [1.82, 2.24) is 4.98 Å². The highest BCUT2D eigenvalue weighted by Gasteiger charge is 2.12. The second-order valence-corrected chi connectivity index (χ2v) is 3.69. The van der Waals surface area contributed by atoms with Gasteiger partial charge in [0.25, 0.3) is 0 Å². The van der Waals surface area contributed by atoms with Gasteiger partial charge >= 0.3 is 0 Å². The number of hydrogen-bond acceptors (Lipinski definition) is 3. The minimum Gasteiger partial charge on any atom is -0.397 e. The van der Waals surface area contributed by atoms with Crippen molar-refractivity contribution in [3.63, 3.8) is 0 Å². The zero-order valence-electron chi connectivity index (χ0n) is 8.35. The molecule has 0 amide bonds. The Labute approximate surface area is 97.9 Å². The Morgan fingerprint density at radius 1 is 1.19 bits per heavy atom. The third-order valence-electron chi connectivity index (χ3n) is 2.14. The van der Waals surface area contributed by atoms with Gasteiger partial charge in [0.1, 0.15) is 5.69 Å². The molecule has 0 aliphatic heterocycles. The Morgan fingerprint density at radius 2 is 1.94 bits per heavy atom. The number of aromatic nitrogens is 1. The summed E-state index contributed by atoms with van der Waals surface area (Å²) in [4.78, 5) is 16.0. The van der Waals surface area contributed by atoms with E-state index in [9.17, 15) is 4.79 Å². The number of carbonyl (C=O) groups excluding carboxylic acids is 1. The average Bonchev–Trinajstić information content (AvgIpc) is 2.30. The largest absolute Gasteiger partial charge is 0.397 e. The van der Waals surface area contributed by atoms with E-state index in [0.29, 0.717) is 22.0 Å². The van der Waals surface area contributed by atoms with Gasteiger partial charge in [0.15, 0.2) is 0 Å². The number of pyridine rings is 1. The van der Waals surface area contributed by atoms with Crippen molar-refractivity contribution < 1.29 is 4.79 Å². The molecule has 1 aromatic carbocycles. The molecule has 0 saturated heterocycles. The van der Waals surface area contributed by atoms with E-state index in [1.54, 1.807) is 36.4 Å². The molecular weight excluding hydrogens is 224 g/mol. The number of benzene rings is 1. The molecule has 0 fully saturated rings. The minimum atomic E-state index is -0.203. The zero-order chi connectivity index (χ0) is 11.5. The molecule has 3 nitrogen and oxygen atoms in total. The summed E-state index contributed by atoms with van der Waals surface area (Å²) in [5, 5.41) is 0.422. The maximum absolute atomic E-state index is 12.0. The zero-order valence-corrected chi connectivity index (χ0v) is 9.11. The Morgan fingerprint density at radius 3 is 2.56 bits per heavy atom. The van der Waals surface area contributed by atoms with Gasteiger partial charge in [0.2, 0.25) is 5.78 Å². The number of ketones is 1. The first-order valence-electron chi connectivity index (χ1n) is 4.69. The fraction of sp³-hybridized carbons (Fsp3) is 0. The third kappa shape index (κ3) is 2.04. The van der Waals surface area contributed by atoms with Gasteiger partial charge in [-0.15, -0.1) is 0 Å². The van der Waals surface area contributed by atoms with Crippen LogP contribution in [0.1, 0.15) is 16.1 Å². The summed E-state index contributed by atoms with van der Waals surface area (Å²) in [6, 6.07) is 10.1. The van der Waals surface area contributed by atoms with Gasteiger partial charge in [-0.2, -0.15) is 0 Å². The van der Waals surface area contributed by atoms with E-state index < -0.39 is 0 Å². The molecule has 2 N–H and O–H groups in total. The molecule has 0 spiro atoms. The van der Waals surface area contributed by atoms with Crippen LogP contribution in [0.25, 0.3) is 0 Å². The number of nitrogen functional groups attached to an aromatic ring is 1. The molecule has 0 unspecified atom stereocenters. The van der Waals surface area contributed by atoms with E-state index in [-0.39, 0.29) is 5.78 Å². The van der Waals surface area contributed by atoms with Gasteiger partial charge in [-0.25, -0.2) is 0 Å². The van der Waals surface area contributed by atoms with Crippen LogP contribution < -0.4 is 5.73 Å². The summed E-state index contributed by atoms with van der Waals surface area (Å²) in [6.07, 6.45) is 1.45. The van der Waals surface area contributed by atoms with Crippen LogP contribution in [0.4, 0.5) is 5.69 Å². The summed E-state index contributed by atoms with van der Waals surface area (Å²) in [7, 11) is 0. The van der Waals surface area contributed by atoms with E-state index in [4.69, 9.17) is 17.3 Å². The Kier molecular flexibility index (Phi) is 2.88. The van der Waals surface area contributed by atoms with Crippen molar-refractivity contribution in [3.05, 3.63) is 58.9 Å². The van der Waals surface area contributed by atoms with Crippen molar-refractivity contribution >= 4 is 23.1 Å². The van der Waals surface area contributed by atoms with Crippen molar-refractivity contribution in [2.45, 2.75) is 0 Å². The molecule has 0 aliphatic carbocycles. The summed E-state index contributed by atoms with van der Waals surface area (Å²) < 4.78 is 0. The molecule has 0 bridgehead atoms. The van der Waals surface area contributed by atoms with Crippen LogP contribution in [0.5, 0.6) is 0 Å². The number of carbonyl (C=O) groups is 1. The molecule has 1 heterocycles. The Balaban J connectivity index is 2.40. The highest BCUT2D eigenvalue weighted by atomic mass is 35.5. The highest BCUT2D eigenvalue weighted by Crippen LogP contribution is 2.18. The Bertz CT molecular complexity index is 523. The fourth-order valence-corrected chi connectivity index (χ4v) is 1.54. The number of halogens is 1. The maximum atomic E-state index is 12.0. The molecule has 1 aromatic heterocycles. The predicted molar refractivity (Wildman–Crippen MR) is 63.5 cm³/mol. The summed E-state index contributed by atoms with van der Waals surface area (Å²) in [6.45, 7) is 0. The van der Waals surface area contributed by atoms with Gasteiger partial charge in [0, 0.05) is 5.56 Å². The first kappa shape index (κ1) is 10.6. The fourth-order valence-electron chi connectivity index (χ4n) is 1.32. The van der Waals surface area contributed by atoms with Crippen LogP contribution in [-0.4, -0.2) is 10.8 Å². The van der Waals surface area contributed by atoms with E-state index in [2.05, 4.69) is 4.98 Å². The van der Waals surface area contributed by atoms with Gasteiger partial charge in [-0.05, 0) is 24.3 Å². The standard InChI is InChI=1S/C12H9ClN2O/c13-10-4-2-1-3-9(10)12(16)11-6-5-8(14)7-15-11/h1-7H,14H2. The van der Waals surface area contributed by atoms with Crippen LogP contribution in [0.2, 0.25) is 5.02 Å². The van der Waals surface area contributed by atoms with Crippen LogP contribution in [0.3, 0.4) is 0 Å². The minimum absolute atomic E-state index is 0.203. The molecule has 0 radical (unpaired) electrons. The first-order chi connectivity index (χ1) is 7.68. The highest BCUT2D eigenvalue weighted by molar-refractivity contribution is 6.34. The second-order valence-electron chi connectivity index (χ2n) is 3.29. The van der Waals surface area contributed by atoms with Crippen LogP contribution >= 0.6 is 11.6 Å². The molecule has 0 atom stereocenters. The van der Waals surface area contributed by atoms with Crippen molar-refractivity contribution in [2.24, 2.45) is 0 Å². The lowest BCUT2D eigenvalue weighted by molar-refractivity contribution is 0.103. The molecule has 2 aromatic rings. The topological polar surface area (TPSA) is 56.0 Å². The van der Waals surface area contributed by atoms with E-state index in [0.717, 1.165) is 0 Å². The average molecular weight is 233 g/mol. The lowest BCUT2D eigenvalue weighted by Crippen LogP contribution is -2.04. The molecule has 0 saturated carbocycles. The van der Waals surface area contributed by atoms with E-state index in [1.807, 2.05) is 0 Å². The van der Waals surface area contributed by atoms with Gasteiger partial charge in [0.05, 0.1) is 16.9 Å². The van der Waals surface area contributed by atoms with Crippen molar-refractivity contribution in [2.75, 3.05) is 5.73 Å². The number of hydrogen-bond donors (Lipinski definition) is 1. The molecule has 4 heteroatoms. The molecule has 2 rings (SSSR count). The SMILES string of the molecule is Nc1ccc(C(=O)c2ccccc2Cl)nc1. The van der Waals surface area contributed by atoms with Crippen molar-refractivity contribution in [3.8, 4) is 0 Å². The number of rotatable bonds is 2. The summed E-state index contributed by atoms with van der Waals surface area (Å²) in [5.41, 5.74) is 6.80. The molecule has 80 valence electrons. The quantitative estimate of drug-likeness (QED) is 0.810. The normalized spacial score (nSPS) is 10.1. The summed E-state index contributed by atoms with van der Waals surface area (Å²) in [5.74, 6) is -0.203. The van der Waals surface area contributed by atoms with Crippen LogP contribution in [0.15, 0.2) is 42.6 Å². The summed E-state index contributed by atoms with van der Waals surface area (Å²) >= 11 is 5.93. The smallest absolute Gasteiger partial charge is 0.212 e. The number of anilines is 1. The van der Waals surface area contributed by atoms with Gasteiger partial charge in [-0.3, -0.25) is 9.78 Å². The van der Waals surface area contributed by atoms with Crippen LogP contribution in [-0.2, 0) is 0 Å². The molecule has 0 aliphatic rings. The monoisotopic (exact) mass is 232 g/mol. The first-order valence-corrected chi connectivity index (χ1v) is 5.07. The third-order valence-corrected chi connectivity index (χ3v) is 2.47. The molecule has 16 heavy (non-hydrogen) atoms. The van der Waals surface area contributed by atoms with E-state index >= 15 is 0 Å². The number of nitrogens with zero attached hydrogens (tertiary/aromatic N) is 1.